The molecule has 5 rings (SSSR count). The standard InChI is InChI=1S/C18H20BrN3/c19-18-7-2-1-5-14(18)10-22-16-9-17(22)13-21(12-16)11-15-6-3-4-8-20-15/h1-8,16-17H,9-13H2. The fraction of sp³-hybridized carbons (Fsp3) is 0.389. The molecule has 3 nitrogen and oxygen atoms in total. The quantitative estimate of drug-likeness (QED) is 0.836. The van der Waals surface area contributed by atoms with Gasteiger partial charge in [-0.1, -0.05) is 40.2 Å². The Morgan fingerprint density at radius 3 is 2.50 bits per heavy atom. The Balaban J connectivity index is 1.38. The van der Waals surface area contributed by atoms with Gasteiger partial charge in [-0.3, -0.25) is 14.8 Å². The summed E-state index contributed by atoms with van der Waals surface area (Å²) in [6, 6.07) is 16.2. The minimum Gasteiger partial charge on any atom is -0.294 e. The summed E-state index contributed by atoms with van der Waals surface area (Å²) in [6.07, 6.45) is 3.24. The fourth-order valence-electron chi connectivity index (χ4n) is 3.71. The molecule has 3 saturated heterocycles. The summed E-state index contributed by atoms with van der Waals surface area (Å²) in [5.41, 5.74) is 2.58. The van der Waals surface area contributed by atoms with Crippen LogP contribution in [0.3, 0.4) is 0 Å². The lowest BCUT2D eigenvalue weighted by molar-refractivity contribution is -0.0778. The Morgan fingerprint density at radius 1 is 1.00 bits per heavy atom. The Labute approximate surface area is 140 Å². The molecule has 2 bridgehead atoms. The van der Waals surface area contributed by atoms with Crippen molar-refractivity contribution < 1.29 is 0 Å². The summed E-state index contributed by atoms with van der Waals surface area (Å²) in [5, 5.41) is 0. The molecule has 22 heavy (non-hydrogen) atoms. The molecule has 0 radical (unpaired) electrons. The molecule has 2 atom stereocenters. The van der Waals surface area contributed by atoms with Crippen LogP contribution in [-0.4, -0.2) is 40.0 Å². The highest BCUT2D eigenvalue weighted by Gasteiger charge is 2.44. The van der Waals surface area contributed by atoms with Crippen molar-refractivity contribution in [3.63, 3.8) is 0 Å². The fourth-order valence-corrected chi connectivity index (χ4v) is 4.12. The molecule has 0 amide bonds. The first-order valence-electron chi connectivity index (χ1n) is 7.91. The summed E-state index contributed by atoms with van der Waals surface area (Å²) in [7, 11) is 0. The highest BCUT2D eigenvalue weighted by Crippen LogP contribution is 2.35. The smallest absolute Gasteiger partial charge is 0.0543 e. The van der Waals surface area contributed by atoms with Crippen molar-refractivity contribution in [3.8, 4) is 0 Å². The number of benzene rings is 1. The summed E-state index contributed by atoms with van der Waals surface area (Å²) in [6.45, 7) is 4.37. The number of nitrogens with zero attached hydrogens (tertiary/aromatic N) is 3. The average molecular weight is 358 g/mol. The minimum absolute atomic E-state index is 0.703. The third-order valence-electron chi connectivity index (χ3n) is 4.84. The van der Waals surface area contributed by atoms with E-state index < -0.39 is 0 Å². The lowest BCUT2D eigenvalue weighted by Gasteiger charge is -2.56. The van der Waals surface area contributed by atoms with Gasteiger partial charge in [0.1, 0.15) is 0 Å². The number of aromatic nitrogens is 1. The van der Waals surface area contributed by atoms with Gasteiger partial charge in [0, 0.05) is 48.9 Å². The van der Waals surface area contributed by atoms with Gasteiger partial charge in [-0.2, -0.15) is 0 Å². The van der Waals surface area contributed by atoms with Gasteiger partial charge in [-0.05, 0) is 30.2 Å². The lowest BCUT2D eigenvalue weighted by Crippen LogP contribution is -2.67. The molecule has 114 valence electrons. The van der Waals surface area contributed by atoms with E-state index in [4.69, 9.17) is 0 Å². The number of fused-ring (bicyclic) bond motifs is 2. The SMILES string of the molecule is Brc1ccccc1CN1C2CC1CN(Cc1ccccn1)C2. The van der Waals surface area contributed by atoms with Gasteiger partial charge in [-0.25, -0.2) is 0 Å². The van der Waals surface area contributed by atoms with E-state index in [2.05, 4.69) is 67.1 Å². The van der Waals surface area contributed by atoms with E-state index in [-0.39, 0.29) is 0 Å². The van der Waals surface area contributed by atoms with Crippen LogP contribution in [0.15, 0.2) is 53.1 Å². The molecule has 0 spiro atoms. The maximum absolute atomic E-state index is 4.45. The predicted molar refractivity (Wildman–Crippen MR) is 91.4 cm³/mol. The summed E-state index contributed by atoms with van der Waals surface area (Å²) < 4.78 is 1.23. The van der Waals surface area contributed by atoms with Crippen molar-refractivity contribution in [1.82, 2.24) is 14.8 Å². The topological polar surface area (TPSA) is 19.4 Å². The Hall–Kier alpha value is -1.23. The van der Waals surface area contributed by atoms with Crippen LogP contribution < -0.4 is 0 Å². The molecule has 0 aliphatic carbocycles. The maximum Gasteiger partial charge on any atom is 0.0543 e. The van der Waals surface area contributed by atoms with Crippen molar-refractivity contribution in [2.75, 3.05) is 13.1 Å². The zero-order chi connectivity index (χ0) is 14.9. The zero-order valence-electron chi connectivity index (χ0n) is 12.5. The third-order valence-corrected chi connectivity index (χ3v) is 5.62. The molecule has 2 unspecified atom stereocenters. The first-order valence-corrected chi connectivity index (χ1v) is 8.70. The van der Waals surface area contributed by atoms with Crippen molar-refractivity contribution in [2.24, 2.45) is 0 Å². The van der Waals surface area contributed by atoms with E-state index in [0.717, 1.165) is 26.2 Å². The van der Waals surface area contributed by atoms with Gasteiger partial charge in [0.15, 0.2) is 0 Å². The van der Waals surface area contributed by atoms with Crippen molar-refractivity contribution in [1.29, 1.82) is 0 Å². The molecule has 1 aromatic carbocycles. The van der Waals surface area contributed by atoms with Gasteiger partial charge in [0.05, 0.1) is 5.69 Å². The van der Waals surface area contributed by atoms with Gasteiger partial charge in [-0.15, -0.1) is 0 Å². The molecule has 4 heteroatoms. The Morgan fingerprint density at radius 2 is 1.77 bits per heavy atom. The minimum atomic E-state index is 0.703. The third kappa shape index (κ3) is 2.83. The van der Waals surface area contributed by atoms with E-state index >= 15 is 0 Å². The predicted octanol–water partition coefficient (Wildman–Crippen LogP) is 3.30. The van der Waals surface area contributed by atoms with Gasteiger partial charge >= 0.3 is 0 Å². The first-order chi connectivity index (χ1) is 10.8. The van der Waals surface area contributed by atoms with Crippen molar-refractivity contribution in [2.45, 2.75) is 31.6 Å². The first kappa shape index (κ1) is 14.4. The van der Waals surface area contributed by atoms with E-state index in [0.29, 0.717) is 12.1 Å². The van der Waals surface area contributed by atoms with Crippen LogP contribution in [0.4, 0.5) is 0 Å². The van der Waals surface area contributed by atoms with Crippen molar-refractivity contribution >= 4 is 15.9 Å². The number of halogens is 1. The second-order valence-corrected chi connectivity index (χ2v) is 7.18. The second kappa shape index (κ2) is 6.11. The number of hydrogen-bond acceptors (Lipinski definition) is 3. The molecule has 4 heterocycles. The molecular weight excluding hydrogens is 338 g/mol. The second-order valence-electron chi connectivity index (χ2n) is 6.32. The van der Waals surface area contributed by atoms with Crippen LogP contribution in [0.1, 0.15) is 17.7 Å². The molecule has 3 fully saturated rings. The summed E-state index contributed by atoms with van der Waals surface area (Å²) >= 11 is 3.67. The molecule has 0 saturated carbocycles. The summed E-state index contributed by atoms with van der Waals surface area (Å²) in [5.74, 6) is 0. The molecule has 3 aliphatic heterocycles. The number of piperidine rings is 1. The van der Waals surface area contributed by atoms with Crippen LogP contribution in [0.2, 0.25) is 0 Å². The molecular formula is C18H20BrN3. The van der Waals surface area contributed by atoms with Crippen LogP contribution in [0.5, 0.6) is 0 Å². The molecule has 1 aromatic heterocycles. The Kier molecular flexibility index (Phi) is 3.99. The lowest BCUT2D eigenvalue weighted by atomic mass is 9.86. The van der Waals surface area contributed by atoms with Crippen molar-refractivity contribution in [3.05, 3.63) is 64.4 Å². The normalized spacial score (nSPS) is 25.0. The van der Waals surface area contributed by atoms with Crippen LogP contribution >= 0.6 is 15.9 Å². The van der Waals surface area contributed by atoms with Crippen LogP contribution in [-0.2, 0) is 13.1 Å². The number of rotatable bonds is 4. The monoisotopic (exact) mass is 357 g/mol. The highest BCUT2D eigenvalue weighted by atomic mass is 79.9. The largest absolute Gasteiger partial charge is 0.294 e. The maximum atomic E-state index is 4.45. The summed E-state index contributed by atoms with van der Waals surface area (Å²) in [4.78, 5) is 9.66. The number of piperazine rings is 1. The number of pyridine rings is 1. The highest BCUT2D eigenvalue weighted by molar-refractivity contribution is 9.10. The van der Waals surface area contributed by atoms with E-state index in [9.17, 15) is 0 Å². The van der Waals surface area contributed by atoms with Gasteiger partial charge in [0.25, 0.3) is 0 Å². The van der Waals surface area contributed by atoms with Crippen LogP contribution in [0.25, 0.3) is 0 Å². The molecule has 2 aromatic rings. The van der Waals surface area contributed by atoms with E-state index in [1.165, 1.54) is 22.2 Å². The van der Waals surface area contributed by atoms with E-state index in [1.54, 1.807) is 0 Å². The molecule has 3 aliphatic rings. The van der Waals surface area contributed by atoms with Crippen LogP contribution in [0, 0.1) is 0 Å². The van der Waals surface area contributed by atoms with Gasteiger partial charge in [0.2, 0.25) is 0 Å². The molecule has 0 N–H and O–H groups in total. The van der Waals surface area contributed by atoms with Gasteiger partial charge < -0.3 is 0 Å². The van der Waals surface area contributed by atoms with E-state index in [1.807, 2.05) is 12.3 Å². The Bertz CT molecular complexity index is 634. The zero-order valence-corrected chi connectivity index (χ0v) is 14.1. The number of hydrogen-bond donors (Lipinski definition) is 0. The average Bonchev–Trinajstić information content (AvgIpc) is 2.55.